The van der Waals surface area contributed by atoms with E-state index in [9.17, 15) is 35.9 Å². The summed E-state index contributed by atoms with van der Waals surface area (Å²) in [6.45, 7) is -2.47. The lowest BCUT2D eigenvalue weighted by Gasteiger charge is -2.20. The van der Waals surface area contributed by atoms with Gasteiger partial charge in [0.1, 0.15) is 23.6 Å². The number of benzene rings is 2. The fourth-order valence-electron chi connectivity index (χ4n) is 2.61. The summed E-state index contributed by atoms with van der Waals surface area (Å²) in [5, 5.41) is 7.23. The molecule has 0 atom stereocenters. The number of alkyl halides is 6. The van der Waals surface area contributed by atoms with Crippen LogP contribution in [0.2, 0.25) is 0 Å². The van der Waals surface area contributed by atoms with Gasteiger partial charge in [-0.05, 0) is 41.4 Å². The van der Waals surface area contributed by atoms with Crippen LogP contribution in [0, 0.1) is 0 Å². The van der Waals surface area contributed by atoms with E-state index in [0.29, 0.717) is 0 Å². The zero-order valence-corrected chi connectivity index (χ0v) is 16.7. The Bertz CT molecular complexity index is 992. The molecule has 0 spiro atoms. The van der Waals surface area contributed by atoms with Crippen molar-refractivity contribution < 1.29 is 50.5 Å². The van der Waals surface area contributed by atoms with E-state index < -0.39 is 59.2 Å². The molecule has 0 aliphatic heterocycles. The average Bonchev–Trinajstić information content (AvgIpc) is 2.63. The predicted octanol–water partition coefficient (Wildman–Crippen LogP) is 5.04. The van der Waals surface area contributed by atoms with Gasteiger partial charge in [0.25, 0.3) is 5.24 Å². The first-order chi connectivity index (χ1) is 14.2. The molecular weight excluding hydrogens is 456 g/mol. The van der Waals surface area contributed by atoms with E-state index in [0.717, 1.165) is 43.3 Å². The number of rotatable bonds is 6. The van der Waals surface area contributed by atoms with Gasteiger partial charge in [-0.25, -0.2) is 0 Å². The number of nitrogens with zero attached hydrogens (tertiary/aromatic N) is 1. The Balaban J connectivity index is 2.67. The van der Waals surface area contributed by atoms with E-state index in [4.69, 9.17) is 14.6 Å². The van der Waals surface area contributed by atoms with Gasteiger partial charge in [0.2, 0.25) is 0 Å². The molecule has 13 heteroatoms. The summed E-state index contributed by atoms with van der Waals surface area (Å²) in [6.07, 6.45) is -9.61. The van der Waals surface area contributed by atoms with Gasteiger partial charge in [0.15, 0.2) is 6.61 Å². The van der Waals surface area contributed by atoms with Crippen LogP contribution in [0.3, 0.4) is 0 Å². The third kappa shape index (κ3) is 6.09. The van der Waals surface area contributed by atoms with Crippen LogP contribution in [0.4, 0.5) is 31.1 Å². The molecule has 0 unspecified atom stereocenters. The summed E-state index contributed by atoms with van der Waals surface area (Å²) in [4.78, 5) is 23.6. The van der Waals surface area contributed by atoms with Gasteiger partial charge >= 0.3 is 18.3 Å². The normalized spacial score (nSPS) is 12.0. The third-order valence-corrected chi connectivity index (χ3v) is 4.96. The summed E-state index contributed by atoms with van der Waals surface area (Å²) in [5.74, 6) is -2.36. The van der Waals surface area contributed by atoms with Crippen LogP contribution in [-0.2, 0) is 11.0 Å². The summed E-state index contributed by atoms with van der Waals surface area (Å²) >= 11 is 0.256. The number of ether oxygens (including phenoxy) is 2. The van der Waals surface area contributed by atoms with E-state index in [-0.39, 0.29) is 22.0 Å². The fraction of sp³-hybridized carbons (Fsp3) is 0.333. The number of thioether (sulfide) groups is 1. The van der Waals surface area contributed by atoms with Gasteiger partial charge in [-0.2, -0.15) is 26.3 Å². The van der Waals surface area contributed by atoms with Crippen LogP contribution < -0.4 is 9.47 Å². The van der Waals surface area contributed by atoms with Crippen molar-refractivity contribution in [2.45, 2.75) is 17.2 Å². The first kappa shape index (κ1) is 24.4. The van der Waals surface area contributed by atoms with Crippen molar-refractivity contribution in [1.82, 2.24) is 4.90 Å². The van der Waals surface area contributed by atoms with E-state index in [1.165, 1.54) is 0 Å². The molecule has 0 heterocycles. The number of carboxylic acids is 1. The molecule has 0 saturated carbocycles. The minimum atomic E-state index is -4.87. The smallest absolute Gasteiger partial charge is 0.422 e. The number of hydrogen-bond donors (Lipinski definition) is 1. The number of halogens is 6. The predicted molar refractivity (Wildman–Crippen MR) is 98.6 cm³/mol. The topological polar surface area (TPSA) is 76.1 Å². The van der Waals surface area contributed by atoms with Crippen molar-refractivity contribution in [1.29, 1.82) is 0 Å². The maximum Gasteiger partial charge on any atom is 0.422 e. The molecule has 0 fully saturated rings. The maximum atomic E-state index is 13.6. The minimum absolute atomic E-state index is 0.213. The number of amides is 1. The number of hydrogen-bond acceptors (Lipinski definition) is 5. The van der Waals surface area contributed by atoms with Crippen LogP contribution in [-0.4, -0.2) is 54.7 Å². The quantitative estimate of drug-likeness (QED) is 0.470. The molecule has 170 valence electrons. The molecule has 0 aromatic heterocycles. The average molecular weight is 471 g/mol. The van der Waals surface area contributed by atoms with Gasteiger partial charge in [-0.1, -0.05) is 0 Å². The Kier molecular flexibility index (Phi) is 7.19. The summed E-state index contributed by atoms with van der Waals surface area (Å²) < 4.78 is 88.2. The van der Waals surface area contributed by atoms with Crippen molar-refractivity contribution in [2.24, 2.45) is 0 Å². The standard InChI is InChI=1S/C18H15F6NO5S/c1-25(7-13(26)27)16(28)31-15-10-4-5-11(29-2)14(18(22,23)24)9(10)3-6-12(15)30-8-17(19,20)21/h3-6H,7-8H2,1-2H3,(H,26,27). The molecular formula is C18H15F6NO5S. The van der Waals surface area contributed by atoms with Crippen molar-refractivity contribution in [3.63, 3.8) is 0 Å². The van der Waals surface area contributed by atoms with Crippen LogP contribution in [0.5, 0.6) is 11.5 Å². The lowest BCUT2D eigenvalue weighted by atomic mass is 10.0. The molecule has 31 heavy (non-hydrogen) atoms. The SMILES string of the molecule is COc1ccc2c(SC(=O)N(C)CC(=O)O)c(OCC(F)(F)F)ccc2c1C(F)(F)F. The molecule has 0 aliphatic carbocycles. The highest BCUT2D eigenvalue weighted by molar-refractivity contribution is 8.13. The molecule has 0 bridgehead atoms. The van der Waals surface area contributed by atoms with Gasteiger partial charge in [-0.3, -0.25) is 9.59 Å². The summed E-state index contributed by atoms with van der Waals surface area (Å²) in [6, 6.07) is 3.92. The Morgan fingerprint density at radius 3 is 2.13 bits per heavy atom. The summed E-state index contributed by atoms with van der Waals surface area (Å²) in [5.41, 5.74) is -1.18. The fourth-order valence-corrected chi connectivity index (χ4v) is 3.52. The van der Waals surface area contributed by atoms with Crippen molar-refractivity contribution in [3.8, 4) is 11.5 Å². The third-order valence-electron chi connectivity index (χ3n) is 3.85. The van der Waals surface area contributed by atoms with E-state index in [2.05, 4.69) is 0 Å². The van der Waals surface area contributed by atoms with Crippen LogP contribution >= 0.6 is 11.8 Å². The monoisotopic (exact) mass is 471 g/mol. The number of likely N-dealkylation sites (N-methyl/N-ethyl adjacent to an activating group) is 1. The minimum Gasteiger partial charge on any atom is -0.496 e. The zero-order valence-electron chi connectivity index (χ0n) is 15.9. The van der Waals surface area contributed by atoms with Crippen LogP contribution in [0.25, 0.3) is 10.8 Å². The van der Waals surface area contributed by atoms with E-state index >= 15 is 0 Å². The second-order valence-electron chi connectivity index (χ2n) is 6.15. The van der Waals surface area contributed by atoms with Crippen LogP contribution in [0.15, 0.2) is 29.2 Å². The molecule has 2 aromatic carbocycles. The Morgan fingerprint density at radius 1 is 1.03 bits per heavy atom. The highest BCUT2D eigenvalue weighted by Gasteiger charge is 2.37. The number of carbonyl (C=O) groups is 2. The number of methoxy groups -OCH3 is 1. The first-order valence-corrected chi connectivity index (χ1v) is 9.11. The number of fused-ring (bicyclic) bond motifs is 1. The zero-order chi connectivity index (χ0) is 23.6. The van der Waals surface area contributed by atoms with E-state index in [1.54, 1.807) is 0 Å². The largest absolute Gasteiger partial charge is 0.496 e. The molecule has 1 N–H and O–H groups in total. The molecule has 0 saturated heterocycles. The Labute approximate surface area is 175 Å². The molecule has 6 nitrogen and oxygen atoms in total. The second-order valence-corrected chi connectivity index (χ2v) is 7.11. The van der Waals surface area contributed by atoms with E-state index in [1.807, 2.05) is 0 Å². The van der Waals surface area contributed by atoms with Gasteiger partial charge in [0.05, 0.1) is 12.0 Å². The van der Waals surface area contributed by atoms with Gasteiger partial charge < -0.3 is 19.5 Å². The number of carbonyl (C=O) groups excluding carboxylic acids is 1. The van der Waals surface area contributed by atoms with Crippen molar-refractivity contribution in [2.75, 3.05) is 27.3 Å². The van der Waals surface area contributed by atoms with Crippen molar-refractivity contribution >= 4 is 33.7 Å². The highest BCUT2D eigenvalue weighted by atomic mass is 32.2. The molecule has 0 aliphatic rings. The maximum absolute atomic E-state index is 13.6. The number of aliphatic carboxylic acids is 1. The molecule has 2 rings (SSSR count). The summed E-state index contributed by atoms with van der Waals surface area (Å²) in [7, 11) is 2.15. The van der Waals surface area contributed by atoms with Crippen molar-refractivity contribution in [3.05, 3.63) is 29.8 Å². The first-order valence-electron chi connectivity index (χ1n) is 8.29. The lowest BCUT2D eigenvalue weighted by Crippen LogP contribution is -2.29. The molecule has 2 aromatic rings. The second kappa shape index (κ2) is 9.12. The highest BCUT2D eigenvalue weighted by Crippen LogP contribution is 2.46. The Morgan fingerprint density at radius 2 is 1.61 bits per heavy atom. The lowest BCUT2D eigenvalue weighted by molar-refractivity contribution is -0.153. The Hall–Kier alpha value is -2.83. The van der Waals surface area contributed by atoms with Gasteiger partial charge in [-0.15, -0.1) is 0 Å². The van der Waals surface area contributed by atoms with Gasteiger partial charge in [0, 0.05) is 12.4 Å². The molecule has 0 radical (unpaired) electrons. The number of carboxylic acid groups (broad SMARTS) is 1. The molecule has 1 amide bonds. The van der Waals surface area contributed by atoms with Crippen LogP contribution in [0.1, 0.15) is 5.56 Å².